The van der Waals surface area contributed by atoms with Crippen LogP contribution < -0.4 is 4.90 Å². The van der Waals surface area contributed by atoms with Gasteiger partial charge in [-0.1, -0.05) is 42.5 Å². The zero-order valence-corrected chi connectivity index (χ0v) is 13.2. The molecule has 0 aromatic heterocycles. The molecule has 0 unspecified atom stereocenters. The van der Waals surface area contributed by atoms with Crippen molar-refractivity contribution in [3.63, 3.8) is 0 Å². The van der Waals surface area contributed by atoms with Gasteiger partial charge in [-0.3, -0.25) is 14.9 Å². The second-order valence-corrected chi connectivity index (χ2v) is 5.36. The van der Waals surface area contributed by atoms with Gasteiger partial charge in [-0.05, 0) is 24.4 Å². The lowest BCUT2D eigenvalue weighted by molar-refractivity contribution is -0.384. The molecule has 0 N–H and O–H groups in total. The summed E-state index contributed by atoms with van der Waals surface area (Å²) in [5, 5.41) is 13.0. The molecule has 1 amide bonds. The number of nitro groups is 1. The summed E-state index contributed by atoms with van der Waals surface area (Å²) < 4.78 is 0. The summed E-state index contributed by atoms with van der Waals surface area (Å²) in [5.74, 6) is -0.252. The lowest BCUT2D eigenvalue weighted by Gasteiger charge is -2.23. The maximum atomic E-state index is 12.9. The number of non-ortho nitro benzene ring substituents is 1. The summed E-state index contributed by atoms with van der Waals surface area (Å²) in [6.07, 6.45) is 0. The van der Waals surface area contributed by atoms with Gasteiger partial charge in [-0.15, -0.1) is 0 Å². The van der Waals surface area contributed by atoms with Gasteiger partial charge in [-0.25, -0.2) is 0 Å². The highest BCUT2D eigenvalue weighted by atomic mass is 16.6. The molecule has 3 aromatic rings. The van der Waals surface area contributed by atoms with Crippen LogP contribution in [0.15, 0.2) is 66.7 Å². The SMILES string of the molecule is CCN(C(=O)c1cccc([N+](=O)[O-])c1)c1cccc2ccccc12. The summed E-state index contributed by atoms with van der Waals surface area (Å²) in [7, 11) is 0. The number of fused-ring (bicyclic) bond motifs is 1. The number of hydrogen-bond donors (Lipinski definition) is 0. The van der Waals surface area contributed by atoms with Gasteiger partial charge < -0.3 is 4.90 Å². The number of carbonyl (C=O) groups excluding carboxylic acids is 1. The molecular formula is C19H16N2O3. The smallest absolute Gasteiger partial charge is 0.270 e. The van der Waals surface area contributed by atoms with Crippen LogP contribution in [-0.4, -0.2) is 17.4 Å². The van der Waals surface area contributed by atoms with Crippen LogP contribution >= 0.6 is 0 Å². The maximum Gasteiger partial charge on any atom is 0.270 e. The predicted molar refractivity (Wildman–Crippen MR) is 94.4 cm³/mol. The molecule has 0 saturated carbocycles. The van der Waals surface area contributed by atoms with Crippen LogP contribution in [0.5, 0.6) is 0 Å². The Hall–Kier alpha value is -3.21. The van der Waals surface area contributed by atoms with Gasteiger partial charge >= 0.3 is 0 Å². The third-order valence-corrected chi connectivity index (χ3v) is 3.92. The van der Waals surface area contributed by atoms with E-state index >= 15 is 0 Å². The first-order valence-corrected chi connectivity index (χ1v) is 7.66. The number of hydrogen-bond acceptors (Lipinski definition) is 3. The molecule has 0 fully saturated rings. The van der Waals surface area contributed by atoms with E-state index in [0.717, 1.165) is 16.5 Å². The number of anilines is 1. The number of rotatable bonds is 4. The number of carbonyl (C=O) groups is 1. The summed E-state index contributed by atoms with van der Waals surface area (Å²) >= 11 is 0. The molecule has 24 heavy (non-hydrogen) atoms. The predicted octanol–water partition coefficient (Wildman–Crippen LogP) is 4.41. The van der Waals surface area contributed by atoms with Crippen molar-refractivity contribution in [3.05, 3.63) is 82.4 Å². The Morgan fingerprint density at radius 2 is 1.75 bits per heavy atom. The van der Waals surface area contributed by atoms with E-state index in [4.69, 9.17) is 0 Å². The molecule has 0 atom stereocenters. The van der Waals surface area contributed by atoms with Crippen LogP contribution in [0.2, 0.25) is 0 Å². The average Bonchev–Trinajstić information content (AvgIpc) is 2.62. The largest absolute Gasteiger partial charge is 0.308 e. The summed E-state index contributed by atoms with van der Waals surface area (Å²) in [6, 6.07) is 19.4. The van der Waals surface area contributed by atoms with Crippen molar-refractivity contribution < 1.29 is 9.72 Å². The highest BCUT2D eigenvalue weighted by Crippen LogP contribution is 2.28. The van der Waals surface area contributed by atoms with Crippen LogP contribution in [-0.2, 0) is 0 Å². The Balaban J connectivity index is 2.06. The first kappa shape index (κ1) is 15.7. The summed E-state index contributed by atoms with van der Waals surface area (Å²) in [4.78, 5) is 25.0. The Kier molecular flexibility index (Phi) is 4.24. The summed E-state index contributed by atoms with van der Waals surface area (Å²) in [6.45, 7) is 2.35. The van der Waals surface area contributed by atoms with Crippen molar-refractivity contribution in [2.45, 2.75) is 6.92 Å². The quantitative estimate of drug-likeness (QED) is 0.528. The molecule has 0 aliphatic rings. The molecule has 0 spiro atoms. The zero-order valence-electron chi connectivity index (χ0n) is 13.2. The van der Waals surface area contributed by atoms with Crippen LogP contribution in [0.1, 0.15) is 17.3 Å². The Morgan fingerprint density at radius 1 is 1.04 bits per heavy atom. The monoisotopic (exact) mass is 320 g/mol. The fourth-order valence-corrected chi connectivity index (χ4v) is 2.78. The first-order valence-electron chi connectivity index (χ1n) is 7.66. The van der Waals surface area contributed by atoms with E-state index in [9.17, 15) is 14.9 Å². The van der Waals surface area contributed by atoms with Gasteiger partial charge in [0.25, 0.3) is 11.6 Å². The Labute approximate surface area is 139 Å². The molecule has 5 nitrogen and oxygen atoms in total. The number of nitro benzene ring substituents is 1. The molecule has 3 aromatic carbocycles. The van der Waals surface area contributed by atoms with Crippen LogP contribution in [0.3, 0.4) is 0 Å². The minimum atomic E-state index is -0.495. The third kappa shape index (κ3) is 2.84. The average molecular weight is 320 g/mol. The van der Waals surface area contributed by atoms with Crippen molar-refractivity contribution in [1.29, 1.82) is 0 Å². The second-order valence-electron chi connectivity index (χ2n) is 5.36. The molecule has 0 bridgehead atoms. The number of nitrogens with zero attached hydrogens (tertiary/aromatic N) is 2. The van der Waals surface area contributed by atoms with Gasteiger partial charge in [-0.2, -0.15) is 0 Å². The fraction of sp³-hybridized carbons (Fsp3) is 0.105. The van der Waals surface area contributed by atoms with E-state index in [-0.39, 0.29) is 11.6 Å². The molecular weight excluding hydrogens is 304 g/mol. The highest BCUT2D eigenvalue weighted by molar-refractivity contribution is 6.11. The van der Waals surface area contributed by atoms with Gasteiger partial charge in [0.05, 0.1) is 10.6 Å². The van der Waals surface area contributed by atoms with E-state index in [1.807, 2.05) is 49.4 Å². The molecule has 0 radical (unpaired) electrons. The minimum absolute atomic E-state index is 0.0881. The molecule has 0 aliphatic carbocycles. The fourth-order valence-electron chi connectivity index (χ4n) is 2.78. The number of benzene rings is 3. The van der Waals surface area contributed by atoms with Crippen LogP contribution in [0, 0.1) is 10.1 Å². The molecule has 0 saturated heterocycles. The maximum absolute atomic E-state index is 12.9. The van der Waals surface area contributed by atoms with Crippen molar-refractivity contribution in [2.24, 2.45) is 0 Å². The minimum Gasteiger partial charge on any atom is -0.308 e. The van der Waals surface area contributed by atoms with Gasteiger partial charge in [0.1, 0.15) is 0 Å². The molecule has 5 heteroatoms. The molecule has 3 rings (SSSR count). The lowest BCUT2D eigenvalue weighted by Crippen LogP contribution is -2.30. The van der Waals surface area contributed by atoms with Crippen molar-refractivity contribution in [1.82, 2.24) is 0 Å². The van der Waals surface area contributed by atoms with E-state index in [0.29, 0.717) is 12.1 Å². The van der Waals surface area contributed by atoms with Crippen molar-refractivity contribution in [2.75, 3.05) is 11.4 Å². The first-order chi connectivity index (χ1) is 11.6. The molecule has 120 valence electrons. The molecule has 0 aliphatic heterocycles. The van der Waals surface area contributed by atoms with E-state index < -0.39 is 4.92 Å². The highest BCUT2D eigenvalue weighted by Gasteiger charge is 2.19. The van der Waals surface area contributed by atoms with Crippen LogP contribution in [0.25, 0.3) is 10.8 Å². The topological polar surface area (TPSA) is 63.5 Å². The standard InChI is InChI=1S/C19H16N2O3/c1-2-20(18-12-6-8-14-7-3-4-11-17(14)18)19(22)15-9-5-10-16(13-15)21(23)24/h3-13H,2H2,1H3. The normalized spacial score (nSPS) is 10.5. The number of amides is 1. The Bertz CT molecular complexity index is 916. The third-order valence-electron chi connectivity index (χ3n) is 3.92. The van der Waals surface area contributed by atoms with Crippen molar-refractivity contribution in [3.8, 4) is 0 Å². The molecule has 0 heterocycles. The van der Waals surface area contributed by atoms with E-state index in [1.54, 1.807) is 11.0 Å². The van der Waals surface area contributed by atoms with E-state index in [1.165, 1.54) is 18.2 Å². The zero-order chi connectivity index (χ0) is 17.1. The van der Waals surface area contributed by atoms with E-state index in [2.05, 4.69) is 0 Å². The lowest BCUT2D eigenvalue weighted by atomic mass is 10.1. The van der Waals surface area contributed by atoms with Gasteiger partial charge in [0.2, 0.25) is 0 Å². The van der Waals surface area contributed by atoms with Crippen molar-refractivity contribution >= 4 is 28.1 Å². The Morgan fingerprint density at radius 3 is 2.50 bits per heavy atom. The van der Waals surface area contributed by atoms with Gasteiger partial charge in [0, 0.05) is 29.6 Å². The van der Waals surface area contributed by atoms with Gasteiger partial charge in [0.15, 0.2) is 0 Å². The van der Waals surface area contributed by atoms with Crippen LogP contribution in [0.4, 0.5) is 11.4 Å². The second kappa shape index (κ2) is 6.50. The summed E-state index contributed by atoms with van der Waals surface area (Å²) in [5.41, 5.74) is 1.01.